The molecule has 22 heavy (non-hydrogen) atoms. The molecule has 0 aliphatic heterocycles. The molecule has 0 radical (unpaired) electrons. The van der Waals surface area contributed by atoms with Crippen molar-refractivity contribution in [3.8, 4) is 0 Å². The Balaban J connectivity index is 0.00000441. The van der Waals surface area contributed by atoms with Crippen LogP contribution in [-0.4, -0.2) is 38.2 Å². The molecule has 0 aliphatic carbocycles. The van der Waals surface area contributed by atoms with Crippen molar-refractivity contribution in [3.05, 3.63) is 30.3 Å². The van der Waals surface area contributed by atoms with E-state index in [9.17, 15) is 0 Å². The molecule has 0 heterocycles. The molecule has 0 aromatic heterocycles. The molecule has 0 fully saturated rings. The predicted octanol–water partition coefficient (Wildman–Crippen LogP) is 3.48. The van der Waals surface area contributed by atoms with Gasteiger partial charge in [-0.15, -0.1) is 24.0 Å². The number of hydrogen-bond donors (Lipinski definition) is 2. The summed E-state index contributed by atoms with van der Waals surface area (Å²) in [4.78, 5) is 6.90. The summed E-state index contributed by atoms with van der Waals surface area (Å²) in [6.07, 6.45) is 1.03. The highest BCUT2D eigenvalue weighted by Crippen LogP contribution is 2.10. The minimum atomic E-state index is 0. The number of aliphatic imine (C=N–C) groups is 1. The summed E-state index contributed by atoms with van der Waals surface area (Å²) in [5.41, 5.74) is 1.28. The SMILES string of the molecule is CCNC(=NCCCN(C)c1ccccc1)NC(C)(C)C.I. The lowest BCUT2D eigenvalue weighted by Crippen LogP contribution is -2.47. The minimum absolute atomic E-state index is 0. The monoisotopic (exact) mass is 418 g/mol. The number of para-hydroxylation sites is 1. The van der Waals surface area contributed by atoms with Crippen molar-refractivity contribution in [2.45, 2.75) is 39.7 Å². The second-order valence-corrected chi connectivity index (χ2v) is 6.25. The van der Waals surface area contributed by atoms with Crippen LogP contribution in [0.15, 0.2) is 35.3 Å². The Morgan fingerprint density at radius 3 is 2.36 bits per heavy atom. The largest absolute Gasteiger partial charge is 0.375 e. The van der Waals surface area contributed by atoms with Crippen LogP contribution in [-0.2, 0) is 0 Å². The fraction of sp³-hybridized carbons (Fsp3) is 0.588. The second kappa shape index (κ2) is 10.7. The zero-order chi connectivity index (χ0) is 15.7. The lowest BCUT2D eigenvalue weighted by atomic mass is 10.1. The maximum atomic E-state index is 4.63. The fourth-order valence-electron chi connectivity index (χ4n) is 1.97. The van der Waals surface area contributed by atoms with E-state index in [-0.39, 0.29) is 29.5 Å². The Kier molecular flexibility index (Phi) is 10.2. The molecule has 126 valence electrons. The van der Waals surface area contributed by atoms with E-state index in [1.807, 2.05) is 6.07 Å². The van der Waals surface area contributed by atoms with Gasteiger partial charge in [0.05, 0.1) is 0 Å². The molecule has 4 nitrogen and oxygen atoms in total. The Morgan fingerprint density at radius 1 is 1.18 bits per heavy atom. The van der Waals surface area contributed by atoms with E-state index in [0.29, 0.717) is 0 Å². The second-order valence-electron chi connectivity index (χ2n) is 6.25. The average molecular weight is 418 g/mol. The zero-order valence-corrected chi connectivity index (χ0v) is 16.8. The van der Waals surface area contributed by atoms with Gasteiger partial charge in [-0.2, -0.15) is 0 Å². The topological polar surface area (TPSA) is 39.7 Å². The number of guanidine groups is 1. The van der Waals surface area contributed by atoms with Crippen molar-refractivity contribution in [1.29, 1.82) is 0 Å². The molecule has 1 aromatic carbocycles. The maximum Gasteiger partial charge on any atom is 0.191 e. The summed E-state index contributed by atoms with van der Waals surface area (Å²) in [6.45, 7) is 11.2. The number of benzene rings is 1. The fourth-order valence-corrected chi connectivity index (χ4v) is 1.97. The highest BCUT2D eigenvalue weighted by Gasteiger charge is 2.11. The van der Waals surface area contributed by atoms with Crippen LogP contribution in [0.4, 0.5) is 5.69 Å². The molecule has 2 N–H and O–H groups in total. The van der Waals surface area contributed by atoms with E-state index in [0.717, 1.165) is 32.0 Å². The van der Waals surface area contributed by atoms with Gasteiger partial charge in [-0.3, -0.25) is 4.99 Å². The van der Waals surface area contributed by atoms with Crippen molar-refractivity contribution in [2.75, 3.05) is 31.6 Å². The summed E-state index contributed by atoms with van der Waals surface area (Å²) in [5.74, 6) is 0.896. The van der Waals surface area contributed by atoms with Crippen molar-refractivity contribution in [3.63, 3.8) is 0 Å². The van der Waals surface area contributed by atoms with Crippen LogP contribution < -0.4 is 15.5 Å². The molecule has 1 aromatic rings. The summed E-state index contributed by atoms with van der Waals surface area (Å²) in [6, 6.07) is 10.5. The normalized spacial score (nSPS) is 11.6. The Bertz CT molecular complexity index is 426. The van der Waals surface area contributed by atoms with Crippen molar-refractivity contribution in [1.82, 2.24) is 10.6 Å². The number of nitrogens with one attached hydrogen (secondary N) is 2. The van der Waals surface area contributed by atoms with Crippen molar-refractivity contribution >= 4 is 35.6 Å². The van der Waals surface area contributed by atoms with Gasteiger partial charge in [0.25, 0.3) is 0 Å². The molecule has 0 atom stereocenters. The number of halogens is 1. The van der Waals surface area contributed by atoms with Gasteiger partial charge in [0.15, 0.2) is 5.96 Å². The van der Waals surface area contributed by atoms with Crippen molar-refractivity contribution in [2.24, 2.45) is 4.99 Å². The third-order valence-electron chi connectivity index (χ3n) is 2.96. The molecule has 0 aliphatic rings. The van der Waals surface area contributed by atoms with Gasteiger partial charge in [0.2, 0.25) is 0 Å². The summed E-state index contributed by atoms with van der Waals surface area (Å²) >= 11 is 0. The van der Waals surface area contributed by atoms with Gasteiger partial charge < -0.3 is 15.5 Å². The molecule has 0 spiro atoms. The van der Waals surface area contributed by atoms with Crippen LogP contribution in [0.5, 0.6) is 0 Å². The first-order valence-corrected chi connectivity index (χ1v) is 7.75. The Labute approximate surface area is 152 Å². The number of rotatable bonds is 6. The van der Waals surface area contributed by atoms with E-state index in [4.69, 9.17) is 0 Å². The lowest BCUT2D eigenvalue weighted by Gasteiger charge is -2.24. The third-order valence-corrected chi connectivity index (χ3v) is 2.96. The molecule has 0 saturated heterocycles. The Morgan fingerprint density at radius 2 is 1.82 bits per heavy atom. The molecular weight excluding hydrogens is 387 g/mol. The summed E-state index contributed by atoms with van der Waals surface area (Å²) in [5, 5.41) is 6.69. The molecule has 1 rings (SSSR count). The summed E-state index contributed by atoms with van der Waals surface area (Å²) < 4.78 is 0. The molecule has 5 heteroatoms. The predicted molar refractivity (Wildman–Crippen MR) is 109 cm³/mol. The van der Waals surface area contributed by atoms with Gasteiger partial charge >= 0.3 is 0 Å². The molecule has 0 saturated carbocycles. The highest BCUT2D eigenvalue weighted by atomic mass is 127. The third kappa shape index (κ3) is 9.12. The first-order chi connectivity index (χ1) is 9.92. The van der Waals surface area contributed by atoms with Gasteiger partial charge in [-0.25, -0.2) is 0 Å². The standard InChI is InChI=1S/C17H30N4.HI/c1-6-18-16(20-17(2,3)4)19-13-10-14-21(5)15-11-8-7-9-12-15;/h7-9,11-12H,6,10,13-14H2,1-5H3,(H2,18,19,20);1H. The molecule has 0 unspecified atom stereocenters. The smallest absolute Gasteiger partial charge is 0.191 e. The first-order valence-electron chi connectivity index (χ1n) is 7.75. The van der Waals surface area contributed by atoms with Crippen LogP contribution in [0.1, 0.15) is 34.1 Å². The van der Waals surface area contributed by atoms with Gasteiger partial charge in [0.1, 0.15) is 0 Å². The van der Waals surface area contributed by atoms with E-state index in [2.05, 4.69) is 79.5 Å². The van der Waals surface area contributed by atoms with E-state index in [1.54, 1.807) is 0 Å². The molecule has 0 bridgehead atoms. The van der Waals surface area contributed by atoms with Crippen LogP contribution in [0.25, 0.3) is 0 Å². The first kappa shape index (κ1) is 21.0. The van der Waals surface area contributed by atoms with E-state index >= 15 is 0 Å². The van der Waals surface area contributed by atoms with Gasteiger partial charge in [-0.1, -0.05) is 18.2 Å². The van der Waals surface area contributed by atoms with E-state index in [1.165, 1.54) is 5.69 Å². The zero-order valence-electron chi connectivity index (χ0n) is 14.5. The highest BCUT2D eigenvalue weighted by molar-refractivity contribution is 14.0. The minimum Gasteiger partial charge on any atom is -0.375 e. The molecular formula is C17H31IN4. The van der Waals surface area contributed by atoms with Gasteiger partial charge in [0, 0.05) is 37.9 Å². The van der Waals surface area contributed by atoms with Crippen LogP contribution in [0.3, 0.4) is 0 Å². The number of nitrogens with zero attached hydrogens (tertiary/aromatic N) is 2. The quantitative estimate of drug-likeness (QED) is 0.322. The van der Waals surface area contributed by atoms with Crippen molar-refractivity contribution < 1.29 is 0 Å². The number of anilines is 1. The summed E-state index contributed by atoms with van der Waals surface area (Å²) in [7, 11) is 2.12. The Hall–Kier alpha value is -0.980. The average Bonchev–Trinajstić information content (AvgIpc) is 2.43. The van der Waals surface area contributed by atoms with Crippen LogP contribution >= 0.6 is 24.0 Å². The molecule has 0 amide bonds. The van der Waals surface area contributed by atoms with Gasteiger partial charge in [-0.05, 0) is 46.2 Å². The van der Waals surface area contributed by atoms with Crippen LogP contribution in [0, 0.1) is 0 Å². The van der Waals surface area contributed by atoms with Crippen LogP contribution in [0.2, 0.25) is 0 Å². The number of hydrogen-bond acceptors (Lipinski definition) is 2. The maximum absolute atomic E-state index is 4.63. The lowest BCUT2D eigenvalue weighted by molar-refractivity contribution is 0.501. The van der Waals surface area contributed by atoms with E-state index < -0.39 is 0 Å².